The molecule has 1 aliphatic rings. The Labute approximate surface area is 221 Å². The van der Waals surface area contributed by atoms with Crippen molar-refractivity contribution in [3.05, 3.63) is 77.9 Å². The molecule has 4 aromatic rings. The van der Waals surface area contributed by atoms with Gasteiger partial charge in [-0.15, -0.1) is 0 Å². The summed E-state index contributed by atoms with van der Waals surface area (Å²) in [6, 6.07) is 21.3. The lowest BCUT2D eigenvalue weighted by Gasteiger charge is -2.35. The Kier molecular flexibility index (Phi) is 7.44. The highest BCUT2D eigenvalue weighted by molar-refractivity contribution is 5.91. The van der Waals surface area contributed by atoms with Crippen molar-refractivity contribution in [2.75, 3.05) is 51.0 Å². The first kappa shape index (κ1) is 25.1. The van der Waals surface area contributed by atoms with Gasteiger partial charge in [-0.2, -0.15) is 4.98 Å². The van der Waals surface area contributed by atoms with E-state index in [1.54, 1.807) is 26.4 Å². The lowest BCUT2D eigenvalue weighted by molar-refractivity contribution is -0.130. The number of nitrogens with zero attached hydrogens (tertiary/aromatic N) is 4. The third kappa shape index (κ3) is 5.56. The van der Waals surface area contributed by atoms with Crippen LogP contribution in [0, 0.1) is 0 Å². The topological polar surface area (TPSA) is 103 Å². The summed E-state index contributed by atoms with van der Waals surface area (Å²) in [5, 5.41) is 0.705. The molecular formula is C29H31N5O4. The lowest BCUT2D eigenvalue weighted by atomic mass is 10.1. The summed E-state index contributed by atoms with van der Waals surface area (Å²) in [5.41, 5.74) is 9.00. The minimum atomic E-state index is 0.0957. The van der Waals surface area contributed by atoms with Crippen molar-refractivity contribution in [3.63, 3.8) is 0 Å². The molecule has 9 nitrogen and oxygen atoms in total. The molecular weight excluding hydrogens is 482 g/mol. The highest BCUT2D eigenvalue weighted by Gasteiger charge is 2.24. The van der Waals surface area contributed by atoms with Gasteiger partial charge >= 0.3 is 0 Å². The molecule has 9 heteroatoms. The van der Waals surface area contributed by atoms with Crippen molar-refractivity contribution in [2.45, 2.75) is 13.0 Å². The summed E-state index contributed by atoms with van der Waals surface area (Å²) in [7, 11) is 3.16. The van der Waals surface area contributed by atoms with E-state index in [1.165, 1.54) is 0 Å². The number of ether oxygens (including phenoxy) is 3. The molecule has 0 bridgehead atoms. The van der Waals surface area contributed by atoms with E-state index in [-0.39, 0.29) is 5.91 Å². The predicted octanol–water partition coefficient (Wildman–Crippen LogP) is 3.70. The van der Waals surface area contributed by atoms with E-state index in [2.05, 4.69) is 9.88 Å². The van der Waals surface area contributed by atoms with Gasteiger partial charge in [-0.05, 0) is 29.3 Å². The Bertz CT molecular complexity index is 1400. The molecule has 1 fully saturated rings. The lowest BCUT2D eigenvalue weighted by Crippen LogP contribution is -2.49. The van der Waals surface area contributed by atoms with Crippen molar-refractivity contribution >= 4 is 28.6 Å². The first-order valence-electron chi connectivity index (χ1n) is 12.5. The molecule has 3 aromatic carbocycles. The Morgan fingerprint density at radius 3 is 2.24 bits per heavy atom. The largest absolute Gasteiger partial charge is 0.493 e. The number of hydrogen-bond donors (Lipinski definition) is 1. The second kappa shape index (κ2) is 11.2. The number of aromatic nitrogens is 2. The SMILES string of the molecule is COc1cc2nc(N3CCN(C(=O)Cc4ccc(OCc5ccccc5)cc4)CC3)nc(N)c2cc1OC. The number of carbonyl (C=O) groups excluding carboxylic acids is 1. The monoisotopic (exact) mass is 513 g/mol. The van der Waals surface area contributed by atoms with Crippen LogP contribution in [0.2, 0.25) is 0 Å². The van der Waals surface area contributed by atoms with E-state index in [9.17, 15) is 4.79 Å². The summed E-state index contributed by atoms with van der Waals surface area (Å²) in [5.74, 6) is 2.95. The van der Waals surface area contributed by atoms with Gasteiger partial charge in [0.1, 0.15) is 18.2 Å². The second-order valence-corrected chi connectivity index (χ2v) is 9.10. The molecule has 2 N–H and O–H groups in total. The maximum atomic E-state index is 13.0. The summed E-state index contributed by atoms with van der Waals surface area (Å²) < 4.78 is 16.6. The van der Waals surface area contributed by atoms with Gasteiger partial charge in [-0.25, -0.2) is 4.98 Å². The minimum Gasteiger partial charge on any atom is -0.493 e. The molecule has 1 amide bonds. The first-order valence-corrected chi connectivity index (χ1v) is 12.5. The van der Waals surface area contributed by atoms with Crippen molar-refractivity contribution in [2.24, 2.45) is 0 Å². The molecule has 1 aromatic heterocycles. The van der Waals surface area contributed by atoms with Crippen LogP contribution in [0.5, 0.6) is 17.2 Å². The zero-order valence-corrected chi connectivity index (χ0v) is 21.6. The molecule has 0 radical (unpaired) electrons. The number of nitrogen functional groups attached to an aromatic ring is 1. The summed E-state index contributed by atoms with van der Waals surface area (Å²) in [4.78, 5) is 26.1. The number of fused-ring (bicyclic) bond motifs is 1. The van der Waals surface area contributed by atoms with E-state index in [1.807, 2.05) is 59.5 Å². The quantitative estimate of drug-likeness (QED) is 0.381. The van der Waals surface area contributed by atoms with Gasteiger partial charge in [0.2, 0.25) is 11.9 Å². The number of carbonyl (C=O) groups is 1. The van der Waals surface area contributed by atoms with Gasteiger partial charge in [0.25, 0.3) is 0 Å². The minimum absolute atomic E-state index is 0.0957. The standard InChI is InChI=1S/C29H31N5O4/c1-36-25-17-23-24(18-26(25)37-2)31-29(32-28(23)30)34-14-12-33(13-15-34)27(35)16-20-8-10-22(11-9-20)38-19-21-6-4-3-5-7-21/h3-11,17-18H,12-16,19H2,1-2H3,(H2,30,31,32). The normalized spacial score (nSPS) is 13.4. The number of piperazine rings is 1. The number of methoxy groups -OCH3 is 2. The van der Waals surface area contributed by atoms with Crippen LogP contribution >= 0.6 is 0 Å². The van der Waals surface area contributed by atoms with Crippen LogP contribution in [0.1, 0.15) is 11.1 Å². The Balaban J connectivity index is 1.17. The van der Waals surface area contributed by atoms with Crippen LogP contribution < -0.4 is 24.8 Å². The van der Waals surface area contributed by atoms with Crippen LogP contribution in [0.15, 0.2) is 66.7 Å². The summed E-state index contributed by atoms with van der Waals surface area (Å²) >= 11 is 0. The predicted molar refractivity (Wildman–Crippen MR) is 147 cm³/mol. The van der Waals surface area contributed by atoms with Gasteiger partial charge in [0.15, 0.2) is 11.5 Å². The van der Waals surface area contributed by atoms with Gasteiger partial charge in [0, 0.05) is 37.6 Å². The molecule has 38 heavy (non-hydrogen) atoms. The van der Waals surface area contributed by atoms with Crippen LogP contribution in [0.3, 0.4) is 0 Å². The summed E-state index contributed by atoms with van der Waals surface area (Å²) in [6.07, 6.45) is 0.347. The summed E-state index contributed by atoms with van der Waals surface area (Å²) in [6.45, 7) is 2.93. The van der Waals surface area contributed by atoms with Crippen molar-refractivity contribution in [1.82, 2.24) is 14.9 Å². The third-order valence-corrected chi connectivity index (χ3v) is 6.66. The number of benzene rings is 3. The van der Waals surface area contributed by atoms with E-state index in [0.29, 0.717) is 73.4 Å². The fraction of sp³-hybridized carbons (Fsp3) is 0.276. The number of nitrogens with two attached hydrogens (primary N) is 1. The van der Waals surface area contributed by atoms with Crippen molar-refractivity contribution < 1.29 is 19.0 Å². The van der Waals surface area contributed by atoms with Crippen LogP contribution in [-0.4, -0.2) is 61.2 Å². The molecule has 196 valence electrons. The molecule has 2 heterocycles. The fourth-order valence-corrected chi connectivity index (χ4v) is 4.49. The van der Waals surface area contributed by atoms with Crippen molar-refractivity contribution in [3.8, 4) is 17.2 Å². The number of amides is 1. The highest BCUT2D eigenvalue weighted by Crippen LogP contribution is 2.34. The Morgan fingerprint density at radius 1 is 0.868 bits per heavy atom. The number of rotatable bonds is 8. The molecule has 1 aliphatic heterocycles. The molecule has 5 rings (SSSR count). The average Bonchev–Trinajstić information content (AvgIpc) is 2.96. The van der Waals surface area contributed by atoms with E-state index < -0.39 is 0 Å². The average molecular weight is 514 g/mol. The van der Waals surface area contributed by atoms with Gasteiger partial charge in [-0.3, -0.25) is 4.79 Å². The van der Waals surface area contributed by atoms with E-state index in [4.69, 9.17) is 24.9 Å². The first-order chi connectivity index (χ1) is 18.5. The van der Waals surface area contributed by atoms with Gasteiger partial charge < -0.3 is 29.7 Å². The third-order valence-electron chi connectivity index (χ3n) is 6.66. The van der Waals surface area contributed by atoms with Crippen LogP contribution in [0.25, 0.3) is 10.9 Å². The number of anilines is 2. The zero-order valence-electron chi connectivity index (χ0n) is 21.6. The molecule has 0 spiro atoms. The maximum absolute atomic E-state index is 13.0. The fourth-order valence-electron chi connectivity index (χ4n) is 4.49. The van der Waals surface area contributed by atoms with E-state index in [0.717, 1.165) is 16.9 Å². The molecule has 0 atom stereocenters. The molecule has 0 unspecified atom stereocenters. The number of hydrogen-bond acceptors (Lipinski definition) is 8. The van der Waals surface area contributed by atoms with Gasteiger partial charge in [-0.1, -0.05) is 42.5 Å². The Hall–Kier alpha value is -4.53. The van der Waals surface area contributed by atoms with E-state index >= 15 is 0 Å². The zero-order chi connectivity index (χ0) is 26.5. The smallest absolute Gasteiger partial charge is 0.228 e. The Morgan fingerprint density at radius 2 is 1.55 bits per heavy atom. The highest BCUT2D eigenvalue weighted by atomic mass is 16.5. The van der Waals surface area contributed by atoms with Gasteiger partial charge in [0.05, 0.1) is 26.2 Å². The van der Waals surface area contributed by atoms with Crippen LogP contribution in [0.4, 0.5) is 11.8 Å². The van der Waals surface area contributed by atoms with Crippen molar-refractivity contribution in [1.29, 1.82) is 0 Å². The second-order valence-electron chi connectivity index (χ2n) is 9.10. The van der Waals surface area contributed by atoms with Crippen LogP contribution in [-0.2, 0) is 17.8 Å². The molecule has 0 saturated carbocycles. The molecule has 0 aliphatic carbocycles. The molecule has 1 saturated heterocycles. The maximum Gasteiger partial charge on any atom is 0.228 e.